The lowest BCUT2D eigenvalue weighted by molar-refractivity contribution is 0.0821. The number of hydrogen-bond donors (Lipinski definition) is 1. The van der Waals surface area contributed by atoms with Gasteiger partial charge in [-0.3, -0.25) is 0 Å². The number of nitrogens with zero attached hydrogens (tertiary/aromatic N) is 2. The Morgan fingerprint density at radius 2 is 2.47 bits per heavy atom. The molecule has 2 rings (SSSR count). The van der Waals surface area contributed by atoms with Crippen LogP contribution >= 0.6 is 11.3 Å². The van der Waals surface area contributed by atoms with Crippen LogP contribution in [0.2, 0.25) is 0 Å². The minimum atomic E-state index is 0.297. The molecule has 0 radical (unpaired) electrons. The molecular formula is C14H25N3OS. The van der Waals surface area contributed by atoms with Crippen LogP contribution < -0.4 is 10.2 Å². The Bertz CT molecular complexity index is 383. The fraction of sp³-hybridized carbons (Fsp3) is 0.786. The van der Waals surface area contributed by atoms with Crippen LogP contribution in [0.3, 0.4) is 0 Å². The molecule has 2 unspecified atom stereocenters. The van der Waals surface area contributed by atoms with Gasteiger partial charge in [-0.05, 0) is 33.2 Å². The lowest BCUT2D eigenvalue weighted by atomic mass is 10.2. The fourth-order valence-electron chi connectivity index (χ4n) is 2.25. The molecular weight excluding hydrogens is 258 g/mol. The summed E-state index contributed by atoms with van der Waals surface area (Å²) in [5.74, 6) is 0. The summed E-state index contributed by atoms with van der Waals surface area (Å²) in [6, 6.07) is 0.339. The van der Waals surface area contributed by atoms with Gasteiger partial charge in [-0.2, -0.15) is 0 Å². The van der Waals surface area contributed by atoms with Gasteiger partial charge in [0.05, 0.1) is 11.8 Å². The van der Waals surface area contributed by atoms with E-state index in [1.54, 1.807) is 11.3 Å². The van der Waals surface area contributed by atoms with E-state index in [4.69, 9.17) is 9.72 Å². The second-order valence-electron chi connectivity index (χ2n) is 5.21. The highest BCUT2D eigenvalue weighted by molar-refractivity contribution is 7.13. The molecule has 2 atom stereocenters. The average Bonchev–Trinajstić information content (AvgIpc) is 2.80. The molecule has 2 heterocycles. The largest absolute Gasteiger partial charge is 0.377 e. The van der Waals surface area contributed by atoms with E-state index < -0.39 is 0 Å². The van der Waals surface area contributed by atoms with Gasteiger partial charge in [0.15, 0.2) is 5.13 Å². The van der Waals surface area contributed by atoms with Crippen molar-refractivity contribution in [1.29, 1.82) is 0 Å². The average molecular weight is 283 g/mol. The third-order valence-electron chi connectivity index (χ3n) is 3.38. The van der Waals surface area contributed by atoms with Gasteiger partial charge in [0.1, 0.15) is 0 Å². The van der Waals surface area contributed by atoms with Gasteiger partial charge in [-0.1, -0.05) is 6.92 Å². The molecule has 108 valence electrons. The highest BCUT2D eigenvalue weighted by atomic mass is 32.1. The first kappa shape index (κ1) is 14.8. The lowest BCUT2D eigenvalue weighted by Gasteiger charge is -2.21. The lowest BCUT2D eigenvalue weighted by Crippen LogP contribution is -2.30. The predicted octanol–water partition coefficient (Wildman–Crippen LogP) is 2.82. The Labute approximate surface area is 120 Å². The number of rotatable bonds is 5. The van der Waals surface area contributed by atoms with E-state index in [0.29, 0.717) is 12.1 Å². The minimum absolute atomic E-state index is 0.297. The topological polar surface area (TPSA) is 37.4 Å². The van der Waals surface area contributed by atoms with Crippen LogP contribution in [0.25, 0.3) is 0 Å². The summed E-state index contributed by atoms with van der Waals surface area (Å²) in [7, 11) is 0. The third kappa shape index (κ3) is 4.16. The first-order valence-electron chi connectivity index (χ1n) is 7.26. The van der Waals surface area contributed by atoms with Gasteiger partial charge in [0.2, 0.25) is 0 Å². The quantitative estimate of drug-likeness (QED) is 0.901. The second-order valence-corrected chi connectivity index (χ2v) is 6.05. The van der Waals surface area contributed by atoms with Crippen molar-refractivity contribution in [2.75, 3.05) is 31.1 Å². The fourth-order valence-corrected chi connectivity index (χ4v) is 3.21. The molecule has 4 nitrogen and oxygen atoms in total. The highest BCUT2D eigenvalue weighted by Gasteiger charge is 2.19. The van der Waals surface area contributed by atoms with Gasteiger partial charge in [0.25, 0.3) is 0 Å². The summed E-state index contributed by atoms with van der Waals surface area (Å²) in [6.45, 7) is 10.4. The number of hydrogen-bond acceptors (Lipinski definition) is 5. The van der Waals surface area contributed by atoms with Crippen molar-refractivity contribution >= 4 is 16.5 Å². The zero-order chi connectivity index (χ0) is 13.7. The summed E-state index contributed by atoms with van der Waals surface area (Å²) in [6.07, 6.45) is 2.54. The SMILES string of the molecule is CCCNC(C)c1csc(N2CCCOC(C)C2)n1. The number of thiazole rings is 1. The van der Waals surface area contributed by atoms with E-state index in [1.807, 2.05) is 0 Å². The van der Waals surface area contributed by atoms with Gasteiger partial charge in [-0.25, -0.2) is 4.98 Å². The van der Waals surface area contributed by atoms with Crippen LogP contribution in [-0.2, 0) is 4.74 Å². The Hall–Kier alpha value is -0.650. The Kier molecular flexibility index (Phi) is 5.60. The van der Waals surface area contributed by atoms with Gasteiger partial charge < -0.3 is 15.0 Å². The van der Waals surface area contributed by atoms with Crippen LogP contribution in [0.5, 0.6) is 0 Å². The zero-order valence-corrected chi connectivity index (χ0v) is 13.0. The van der Waals surface area contributed by atoms with Crippen LogP contribution in [0, 0.1) is 0 Å². The highest BCUT2D eigenvalue weighted by Crippen LogP contribution is 2.25. The first-order valence-corrected chi connectivity index (χ1v) is 8.14. The van der Waals surface area contributed by atoms with Crippen LogP contribution in [0.15, 0.2) is 5.38 Å². The Morgan fingerprint density at radius 3 is 3.26 bits per heavy atom. The zero-order valence-electron chi connectivity index (χ0n) is 12.2. The van der Waals surface area contributed by atoms with Crippen molar-refractivity contribution in [3.63, 3.8) is 0 Å². The first-order chi connectivity index (χ1) is 9.20. The molecule has 19 heavy (non-hydrogen) atoms. The Balaban J connectivity index is 1.99. The smallest absolute Gasteiger partial charge is 0.185 e. The summed E-state index contributed by atoms with van der Waals surface area (Å²) in [5.41, 5.74) is 1.16. The molecule has 1 saturated heterocycles. The molecule has 1 aromatic heterocycles. The molecule has 0 aromatic carbocycles. The maximum Gasteiger partial charge on any atom is 0.185 e. The van der Waals surface area contributed by atoms with Crippen LogP contribution in [-0.4, -0.2) is 37.3 Å². The Morgan fingerprint density at radius 1 is 1.63 bits per heavy atom. The van der Waals surface area contributed by atoms with Crippen LogP contribution in [0.4, 0.5) is 5.13 Å². The van der Waals surface area contributed by atoms with Crippen LogP contribution in [0.1, 0.15) is 45.3 Å². The van der Waals surface area contributed by atoms with Crippen molar-refractivity contribution in [2.45, 2.75) is 45.8 Å². The van der Waals surface area contributed by atoms with E-state index in [1.165, 1.54) is 0 Å². The number of aromatic nitrogens is 1. The van der Waals surface area contributed by atoms with E-state index in [9.17, 15) is 0 Å². The standard InChI is InChI=1S/C14H25N3OS/c1-4-6-15-12(3)13-10-19-14(16-13)17-7-5-8-18-11(2)9-17/h10-12,15H,4-9H2,1-3H3. The van der Waals surface area contributed by atoms with Crippen molar-refractivity contribution in [2.24, 2.45) is 0 Å². The summed E-state index contributed by atoms with van der Waals surface area (Å²) < 4.78 is 5.68. The molecule has 1 fully saturated rings. The van der Waals surface area contributed by atoms with Gasteiger partial charge >= 0.3 is 0 Å². The number of nitrogens with one attached hydrogen (secondary N) is 1. The minimum Gasteiger partial charge on any atom is -0.377 e. The van der Waals surface area contributed by atoms with E-state index in [-0.39, 0.29) is 0 Å². The monoisotopic (exact) mass is 283 g/mol. The molecule has 0 bridgehead atoms. The van der Waals surface area contributed by atoms with Crippen molar-refractivity contribution < 1.29 is 4.74 Å². The van der Waals surface area contributed by atoms with E-state index >= 15 is 0 Å². The summed E-state index contributed by atoms with van der Waals surface area (Å²) in [5, 5.41) is 6.80. The molecule has 0 spiro atoms. The molecule has 0 saturated carbocycles. The molecule has 1 aromatic rings. The number of anilines is 1. The summed E-state index contributed by atoms with van der Waals surface area (Å²) in [4.78, 5) is 7.15. The summed E-state index contributed by atoms with van der Waals surface area (Å²) >= 11 is 1.75. The normalized spacial score (nSPS) is 22.3. The van der Waals surface area contributed by atoms with Gasteiger partial charge in [0, 0.05) is 31.1 Å². The third-order valence-corrected chi connectivity index (χ3v) is 4.30. The molecule has 5 heteroatoms. The molecule has 0 amide bonds. The molecule has 0 aliphatic carbocycles. The van der Waals surface area contributed by atoms with Crippen molar-refractivity contribution in [3.8, 4) is 0 Å². The molecule has 1 aliphatic heterocycles. The molecule has 1 N–H and O–H groups in total. The predicted molar refractivity (Wildman–Crippen MR) is 81.1 cm³/mol. The maximum atomic E-state index is 5.68. The van der Waals surface area contributed by atoms with Gasteiger partial charge in [-0.15, -0.1) is 11.3 Å². The molecule has 1 aliphatic rings. The second kappa shape index (κ2) is 7.22. The maximum absolute atomic E-state index is 5.68. The van der Waals surface area contributed by atoms with E-state index in [0.717, 1.165) is 49.9 Å². The number of ether oxygens (including phenoxy) is 1. The van der Waals surface area contributed by atoms with E-state index in [2.05, 4.69) is 36.4 Å². The van der Waals surface area contributed by atoms with Crippen molar-refractivity contribution in [1.82, 2.24) is 10.3 Å². The van der Waals surface area contributed by atoms with Crippen molar-refractivity contribution in [3.05, 3.63) is 11.1 Å².